The maximum absolute atomic E-state index is 12.7. The van der Waals surface area contributed by atoms with E-state index in [1.165, 1.54) is 25.6 Å². The van der Waals surface area contributed by atoms with Gasteiger partial charge in [-0.1, -0.05) is 30.2 Å². The van der Waals surface area contributed by atoms with E-state index in [0.29, 0.717) is 51.2 Å². The van der Waals surface area contributed by atoms with E-state index in [0.717, 1.165) is 25.3 Å². The molecule has 0 unspecified atom stereocenters. The van der Waals surface area contributed by atoms with E-state index in [1.54, 1.807) is 37.6 Å². The van der Waals surface area contributed by atoms with Gasteiger partial charge in [-0.15, -0.1) is 0 Å². The lowest BCUT2D eigenvalue weighted by molar-refractivity contribution is -0.111. The highest BCUT2D eigenvalue weighted by Gasteiger charge is 2.16. The molecule has 1 amide bonds. The van der Waals surface area contributed by atoms with Crippen LogP contribution in [0.25, 0.3) is 10.9 Å². The lowest BCUT2D eigenvalue weighted by Gasteiger charge is -2.24. The van der Waals surface area contributed by atoms with E-state index < -0.39 is 0 Å². The minimum absolute atomic E-state index is 0.228. The summed E-state index contributed by atoms with van der Waals surface area (Å²) in [7, 11) is 1.55. The second-order valence-corrected chi connectivity index (χ2v) is 9.80. The molecule has 2 aromatic heterocycles. The molecule has 0 radical (unpaired) electrons. The van der Waals surface area contributed by atoms with Gasteiger partial charge in [0.25, 0.3) is 0 Å². The number of hydrogen-bond acceptors (Lipinski definition) is 8. The Morgan fingerprint density at radius 2 is 1.95 bits per heavy atom. The molecule has 40 heavy (non-hydrogen) atoms. The van der Waals surface area contributed by atoms with Gasteiger partial charge >= 0.3 is 0 Å². The second-order valence-electron chi connectivity index (χ2n) is 9.40. The van der Waals surface area contributed by atoms with Gasteiger partial charge in [-0.05, 0) is 68.4 Å². The van der Waals surface area contributed by atoms with Gasteiger partial charge in [0.05, 0.1) is 34.4 Å². The van der Waals surface area contributed by atoms with E-state index >= 15 is 0 Å². The molecule has 10 heteroatoms. The largest absolute Gasteiger partial charge is 0.494 e. The first-order chi connectivity index (χ1) is 19.6. The number of pyridine rings is 1. The monoisotopic (exact) mass is 558 g/mol. The molecule has 2 aromatic carbocycles. The number of methoxy groups -OCH3 is 1. The first-order valence-electron chi connectivity index (χ1n) is 13.2. The number of hydrogen-bond donors (Lipinski definition) is 2. The van der Waals surface area contributed by atoms with Crippen molar-refractivity contribution in [2.45, 2.75) is 25.9 Å². The van der Waals surface area contributed by atoms with Crippen LogP contribution in [-0.4, -0.2) is 52.5 Å². The van der Waals surface area contributed by atoms with Gasteiger partial charge in [0.2, 0.25) is 5.91 Å². The number of nitrogens with zero attached hydrogens (tertiary/aromatic N) is 4. The van der Waals surface area contributed by atoms with Crippen LogP contribution >= 0.6 is 11.6 Å². The zero-order valence-electron chi connectivity index (χ0n) is 22.3. The van der Waals surface area contributed by atoms with Crippen LogP contribution in [0.1, 0.15) is 25.0 Å². The zero-order valence-corrected chi connectivity index (χ0v) is 23.0. The van der Waals surface area contributed by atoms with Gasteiger partial charge in [0, 0.05) is 24.5 Å². The maximum atomic E-state index is 12.7. The van der Waals surface area contributed by atoms with E-state index in [9.17, 15) is 4.79 Å². The zero-order chi connectivity index (χ0) is 27.7. The third-order valence-electron chi connectivity index (χ3n) is 6.60. The topological polar surface area (TPSA) is 102 Å². The van der Waals surface area contributed by atoms with Crippen molar-refractivity contribution >= 4 is 45.6 Å². The molecule has 1 fully saturated rings. The van der Waals surface area contributed by atoms with Crippen molar-refractivity contribution in [3.63, 3.8) is 0 Å². The lowest BCUT2D eigenvalue weighted by atomic mass is 10.1. The first-order valence-corrected chi connectivity index (χ1v) is 13.6. The molecule has 0 bridgehead atoms. The number of fused-ring (bicyclic) bond motifs is 1. The van der Waals surface area contributed by atoms with Gasteiger partial charge in [-0.3, -0.25) is 14.7 Å². The number of likely N-dealkylation sites (tertiary alicyclic amines) is 1. The summed E-state index contributed by atoms with van der Waals surface area (Å²) in [4.78, 5) is 28.1. The van der Waals surface area contributed by atoms with Crippen molar-refractivity contribution in [3.8, 4) is 11.5 Å². The van der Waals surface area contributed by atoms with Crippen LogP contribution in [0, 0.1) is 0 Å². The van der Waals surface area contributed by atoms with E-state index in [4.69, 9.17) is 21.1 Å². The fourth-order valence-corrected chi connectivity index (χ4v) is 4.86. The Balaban J connectivity index is 1.31. The summed E-state index contributed by atoms with van der Waals surface area (Å²) in [5.41, 5.74) is 2.69. The van der Waals surface area contributed by atoms with Crippen LogP contribution in [0.3, 0.4) is 0 Å². The number of anilines is 3. The van der Waals surface area contributed by atoms with Crippen LogP contribution in [0.5, 0.6) is 11.5 Å². The molecule has 4 aromatic rings. The number of halogens is 1. The molecule has 1 saturated heterocycles. The predicted octanol–water partition coefficient (Wildman–Crippen LogP) is 5.99. The Kier molecular flexibility index (Phi) is 9.05. The Labute approximate surface area is 238 Å². The number of rotatable bonds is 10. The number of ether oxygens (including phenoxy) is 2. The van der Waals surface area contributed by atoms with Crippen LogP contribution in [0.2, 0.25) is 5.02 Å². The molecule has 206 valence electrons. The molecule has 3 heterocycles. The molecule has 1 aliphatic rings. The van der Waals surface area contributed by atoms with Crippen LogP contribution in [0.4, 0.5) is 17.2 Å². The highest BCUT2D eigenvalue weighted by molar-refractivity contribution is 6.32. The molecule has 2 N–H and O–H groups in total. The summed E-state index contributed by atoms with van der Waals surface area (Å²) in [6.45, 7) is 3.22. The summed E-state index contributed by atoms with van der Waals surface area (Å²) < 4.78 is 11.6. The average Bonchev–Trinajstić information content (AvgIpc) is 2.98. The molecule has 0 spiro atoms. The fraction of sp³-hybridized carbons (Fsp3) is 0.267. The fourth-order valence-electron chi connectivity index (χ4n) is 4.62. The van der Waals surface area contributed by atoms with Crippen molar-refractivity contribution in [1.82, 2.24) is 19.9 Å². The summed E-state index contributed by atoms with van der Waals surface area (Å²) in [6.07, 6.45) is 10.4. The maximum Gasteiger partial charge on any atom is 0.248 e. The summed E-state index contributed by atoms with van der Waals surface area (Å²) in [5, 5.41) is 7.30. The van der Waals surface area contributed by atoms with E-state index in [1.807, 2.05) is 36.4 Å². The summed E-state index contributed by atoms with van der Waals surface area (Å²) in [6, 6.07) is 14.6. The highest BCUT2D eigenvalue weighted by atomic mass is 35.5. The summed E-state index contributed by atoms with van der Waals surface area (Å²) >= 11 is 6.51. The van der Waals surface area contributed by atoms with Crippen molar-refractivity contribution in [3.05, 3.63) is 83.9 Å². The quantitative estimate of drug-likeness (QED) is 0.229. The molecule has 0 atom stereocenters. The Bertz CT molecular complexity index is 1490. The first kappa shape index (κ1) is 27.4. The van der Waals surface area contributed by atoms with Crippen LogP contribution in [-0.2, 0) is 11.4 Å². The molecule has 0 aliphatic carbocycles. The van der Waals surface area contributed by atoms with E-state index in [2.05, 4.69) is 30.5 Å². The van der Waals surface area contributed by atoms with Crippen molar-refractivity contribution in [2.24, 2.45) is 0 Å². The summed E-state index contributed by atoms with van der Waals surface area (Å²) in [5.74, 6) is 1.28. The standard InChI is InChI=1S/C30H31ClN6O3/c1-39-29-25(36-27(38)9-7-17-37-15-5-2-6-16-37)12-11-24-28(29)30(34-20-33-24)35-21-10-13-26(23(31)18-21)40-19-22-8-3-4-14-32-22/h3-4,7-14,18,20H,2,5-6,15-17,19H2,1H3,(H,36,38)(H,33,34,35)/b9-7+. The minimum atomic E-state index is -0.228. The lowest BCUT2D eigenvalue weighted by Crippen LogP contribution is -2.29. The third-order valence-corrected chi connectivity index (χ3v) is 6.89. The molecule has 1 aliphatic heterocycles. The predicted molar refractivity (Wildman–Crippen MR) is 157 cm³/mol. The van der Waals surface area contributed by atoms with E-state index in [-0.39, 0.29) is 5.91 Å². The number of nitrogens with one attached hydrogen (secondary N) is 2. The SMILES string of the molecule is COc1c(NC(=O)/C=C/CN2CCCCC2)ccc2ncnc(Nc3ccc(OCc4ccccn4)c(Cl)c3)c12. The van der Waals surface area contributed by atoms with Gasteiger partial charge in [0.1, 0.15) is 24.5 Å². The minimum Gasteiger partial charge on any atom is -0.494 e. The van der Waals surface area contributed by atoms with Crippen LogP contribution in [0.15, 0.2) is 73.2 Å². The van der Waals surface area contributed by atoms with Crippen molar-refractivity contribution in [1.29, 1.82) is 0 Å². The number of carbonyl (C=O) groups is 1. The highest BCUT2D eigenvalue weighted by Crippen LogP contribution is 2.38. The molecule has 9 nitrogen and oxygen atoms in total. The molecule has 5 rings (SSSR count). The van der Waals surface area contributed by atoms with Crippen LogP contribution < -0.4 is 20.1 Å². The van der Waals surface area contributed by atoms with Gasteiger partial charge in [-0.25, -0.2) is 9.97 Å². The molecular formula is C30H31ClN6O3. The number of piperidine rings is 1. The van der Waals surface area contributed by atoms with Gasteiger partial charge in [0.15, 0.2) is 5.75 Å². The Hall–Kier alpha value is -4.21. The van der Waals surface area contributed by atoms with Crippen molar-refractivity contribution in [2.75, 3.05) is 37.4 Å². The second kappa shape index (κ2) is 13.2. The number of aromatic nitrogens is 3. The van der Waals surface area contributed by atoms with Gasteiger partial charge in [-0.2, -0.15) is 0 Å². The number of benzene rings is 2. The van der Waals surface area contributed by atoms with Crippen molar-refractivity contribution < 1.29 is 14.3 Å². The normalized spacial score (nSPS) is 13.8. The third kappa shape index (κ3) is 6.86. The number of carbonyl (C=O) groups excluding carboxylic acids is 1. The Morgan fingerprint density at radius 1 is 1.07 bits per heavy atom. The smallest absolute Gasteiger partial charge is 0.248 e. The Morgan fingerprint density at radius 3 is 2.73 bits per heavy atom. The average molecular weight is 559 g/mol. The molecule has 0 saturated carbocycles. The number of amides is 1. The molecular weight excluding hydrogens is 528 g/mol. The van der Waals surface area contributed by atoms with Gasteiger partial charge < -0.3 is 20.1 Å².